The maximum absolute atomic E-state index is 11.8. The zero-order chi connectivity index (χ0) is 21.6. The van der Waals surface area contributed by atoms with Crippen molar-refractivity contribution in [3.8, 4) is 16.9 Å². The van der Waals surface area contributed by atoms with Crippen molar-refractivity contribution >= 4 is 17.2 Å². The van der Waals surface area contributed by atoms with E-state index in [1.165, 1.54) is 11.1 Å². The fraction of sp³-hybridized carbons (Fsp3) is 0.360. The third kappa shape index (κ3) is 5.51. The molecule has 1 aliphatic heterocycles. The number of methoxy groups -OCH3 is 1. The van der Waals surface area contributed by atoms with Crippen LogP contribution in [-0.4, -0.2) is 36.0 Å². The van der Waals surface area contributed by atoms with Crippen LogP contribution < -0.4 is 10.1 Å². The van der Waals surface area contributed by atoms with Crippen LogP contribution in [0.25, 0.3) is 11.1 Å². The Morgan fingerprint density at radius 3 is 2.81 bits per heavy atom. The van der Waals surface area contributed by atoms with Crippen molar-refractivity contribution in [3.63, 3.8) is 0 Å². The van der Waals surface area contributed by atoms with Crippen LogP contribution in [0.2, 0.25) is 0 Å². The third-order valence-electron chi connectivity index (χ3n) is 5.85. The maximum Gasteiger partial charge on any atom is 0.217 e. The second-order valence-electron chi connectivity index (χ2n) is 8.11. The van der Waals surface area contributed by atoms with Gasteiger partial charge in [0.2, 0.25) is 5.91 Å². The molecule has 3 aromatic rings. The van der Waals surface area contributed by atoms with E-state index in [-0.39, 0.29) is 11.9 Å². The summed E-state index contributed by atoms with van der Waals surface area (Å²) in [5, 5.41) is 6.13. The number of nitrogens with zero attached hydrogens (tertiary/aromatic N) is 2. The number of ether oxygens (including phenoxy) is 1. The molecule has 1 saturated heterocycles. The van der Waals surface area contributed by atoms with Gasteiger partial charge in [-0.05, 0) is 54.1 Å². The molecule has 1 amide bonds. The molecule has 0 bridgehead atoms. The van der Waals surface area contributed by atoms with Gasteiger partial charge < -0.3 is 10.1 Å². The monoisotopic (exact) mass is 435 g/mol. The molecule has 162 valence electrons. The second-order valence-corrected chi connectivity index (χ2v) is 9.04. The van der Waals surface area contributed by atoms with Gasteiger partial charge in [0.25, 0.3) is 0 Å². The first-order valence-electron chi connectivity index (χ1n) is 10.7. The number of carbonyl (C=O) groups excluding carboxylic acids is 1. The highest BCUT2D eigenvalue weighted by atomic mass is 32.1. The Kier molecular flexibility index (Phi) is 6.99. The van der Waals surface area contributed by atoms with E-state index in [0.29, 0.717) is 5.92 Å². The molecule has 0 spiro atoms. The number of nitrogens with one attached hydrogen (secondary N) is 1. The quantitative estimate of drug-likeness (QED) is 0.573. The molecule has 31 heavy (non-hydrogen) atoms. The zero-order valence-electron chi connectivity index (χ0n) is 18.1. The average molecular weight is 436 g/mol. The maximum atomic E-state index is 11.8. The first-order chi connectivity index (χ1) is 15.1. The third-order valence-corrected chi connectivity index (χ3v) is 6.71. The van der Waals surface area contributed by atoms with Crippen molar-refractivity contribution in [1.82, 2.24) is 15.2 Å². The molecule has 0 radical (unpaired) electrons. The lowest BCUT2D eigenvalue weighted by molar-refractivity contribution is -0.120. The molecule has 1 aromatic heterocycles. The highest BCUT2D eigenvalue weighted by molar-refractivity contribution is 7.09. The number of piperidine rings is 1. The molecule has 0 saturated carbocycles. The lowest BCUT2D eigenvalue weighted by atomic mass is 9.90. The van der Waals surface area contributed by atoms with Gasteiger partial charge >= 0.3 is 0 Å². The normalized spacial score (nSPS) is 17.8. The number of aromatic nitrogens is 1. The van der Waals surface area contributed by atoms with Crippen LogP contribution in [0.1, 0.15) is 36.4 Å². The van der Waals surface area contributed by atoms with Gasteiger partial charge in [0.05, 0.1) is 13.2 Å². The van der Waals surface area contributed by atoms with Gasteiger partial charge in [0.1, 0.15) is 10.8 Å². The molecule has 2 aromatic carbocycles. The predicted octanol–water partition coefficient (Wildman–Crippen LogP) is 4.91. The topological polar surface area (TPSA) is 54.5 Å². The van der Waals surface area contributed by atoms with Crippen LogP contribution in [0.4, 0.5) is 0 Å². The number of benzene rings is 2. The number of likely N-dealkylation sites (tertiary alicyclic amines) is 1. The summed E-state index contributed by atoms with van der Waals surface area (Å²) in [6.07, 6.45) is 4.06. The molecule has 5 nitrogen and oxygen atoms in total. The van der Waals surface area contributed by atoms with Gasteiger partial charge in [0.15, 0.2) is 0 Å². The first kappa shape index (κ1) is 21.5. The summed E-state index contributed by atoms with van der Waals surface area (Å²) in [4.78, 5) is 18.8. The Balaban J connectivity index is 1.42. The summed E-state index contributed by atoms with van der Waals surface area (Å²) in [6, 6.07) is 16.9. The number of hydrogen-bond acceptors (Lipinski definition) is 5. The second kappa shape index (κ2) is 10.1. The van der Waals surface area contributed by atoms with Gasteiger partial charge in [-0.1, -0.05) is 36.4 Å². The number of thiazole rings is 1. The summed E-state index contributed by atoms with van der Waals surface area (Å²) in [5.74, 6) is 1.25. The van der Waals surface area contributed by atoms with E-state index >= 15 is 0 Å². The number of amides is 1. The molecule has 2 heterocycles. The largest absolute Gasteiger partial charge is 0.497 e. The predicted molar refractivity (Wildman–Crippen MR) is 125 cm³/mol. The van der Waals surface area contributed by atoms with Crippen LogP contribution in [-0.2, 0) is 11.3 Å². The van der Waals surface area contributed by atoms with Crippen LogP contribution in [0.3, 0.4) is 0 Å². The van der Waals surface area contributed by atoms with Crippen molar-refractivity contribution in [2.75, 3.05) is 20.2 Å². The van der Waals surface area contributed by atoms with E-state index in [0.717, 1.165) is 48.8 Å². The van der Waals surface area contributed by atoms with Crippen LogP contribution in [0.15, 0.2) is 60.1 Å². The molecular weight excluding hydrogens is 406 g/mol. The lowest BCUT2D eigenvalue weighted by Crippen LogP contribution is -2.42. The summed E-state index contributed by atoms with van der Waals surface area (Å²) in [6.45, 7) is 4.55. The number of rotatable bonds is 7. The van der Waals surface area contributed by atoms with Gasteiger partial charge in [-0.15, -0.1) is 11.3 Å². The molecule has 6 heteroatoms. The van der Waals surface area contributed by atoms with Gasteiger partial charge in [-0.25, -0.2) is 4.98 Å². The Labute approximate surface area is 188 Å². The van der Waals surface area contributed by atoms with Gasteiger partial charge in [0, 0.05) is 31.6 Å². The Hall–Kier alpha value is -2.70. The highest BCUT2D eigenvalue weighted by Crippen LogP contribution is 2.32. The summed E-state index contributed by atoms with van der Waals surface area (Å²) in [7, 11) is 1.69. The molecule has 1 N–H and O–H groups in total. The summed E-state index contributed by atoms with van der Waals surface area (Å²) < 4.78 is 5.34. The minimum atomic E-state index is -0.00395. The molecular formula is C25H29N3O2S. The fourth-order valence-corrected chi connectivity index (χ4v) is 5.14. The zero-order valence-corrected chi connectivity index (χ0v) is 18.9. The summed E-state index contributed by atoms with van der Waals surface area (Å²) >= 11 is 1.62. The van der Waals surface area contributed by atoms with E-state index < -0.39 is 0 Å². The summed E-state index contributed by atoms with van der Waals surface area (Å²) in [5.41, 5.74) is 3.65. The highest BCUT2D eigenvalue weighted by Gasteiger charge is 2.30. The molecule has 4 rings (SSSR count). The average Bonchev–Trinajstić information content (AvgIpc) is 3.33. The molecule has 0 aliphatic carbocycles. The fourth-order valence-electron chi connectivity index (χ4n) is 4.36. The van der Waals surface area contributed by atoms with E-state index in [2.05, 4.69) is 51.6 Å². The number of carbonyl (C=O) groups is 1. The van der Waals surface area contributed by atoms with E-state index in [1.54, 1.807) is 25.4 Å². The standard InChI is InChI=1S/C25H29N3O2S/c1-18(29)27-24(25-26-12-14-31-25)22-6-4-13-28(17-22)16-19-8-10-20(11-9-19)21-5-3-7-23(15-21)30-2/h3,5,7-12,14-15,22,24H,4,6,13,16-17H2,1-2H3,(H,27,29). The molecule has 2 unspecified atom stereocenters. The van der Waals surface area contributed by atoms with E-state index in [1.807, 2.05) is 23.7 Å². The SMILES string of the molecule is COc1cccc(-c2ccc(CN3CCCC(C(NC(C)=O)c4nccs4)C3)cc2)c1. The van der Waals surface area contributed by atoms with Crippen molar-refractivity contribution in [2.24, 2.45) is 5.92 Å². The van der Waals surface area contributed by atoms with Gasteiger partial charge in [-0.2, -0.15) is 0 Å². The van der Waals surface area contributed by atoms with Crippen molar-refractivity contribution in [3.05, 3.63) is 70.7 Å². The molecule has 1 aliphatic rings. The van der Waals surface area contributed by atoms with Crippen molar-refractivity contribution < 1.29 is 9.53 Å². The molecule has 1 fully saturated rings. The Morgan fingerprint density at radius 1 is 1.26 bits per heavy atom. The number of hydrogen-bond donors (Lipinski definition) is 1. The minimum Gasteiger partial charge on any atom is -0.497 e. The van der Waals surface area contributed by atoms with Crippen molar-refractivity contribution in [2.45, 2.75) is 32.4 Å². The lowest BCUT2D eigenvalue weighted by Gasteiger charge is -2.36. The minimum absolute atomic E-state index is 0.00395. The van der Waals surface area contributed by atoms with Crippen LogP contribution >= 0.6 is 11.3 Å². The van der Waals surface area contributed by atoms with Crippen molar-refractivity contribution in [1.29, 1.82) is 0 Å². The first-order valence-corrected chi connectivity index (χ1v) is 11.6. The van der Waals surface area contributed by atoms with Gasteiger partial charge in [-0.3, -0.25) is 9.69 Å². The van der Waals surface area contributed by atoms with Crippen LogP contribution in [0, 0.1) is 5.92 Å². The van der Waals surface area contributed by atoms with Crippen LogP contribution in [0.5, 0.6) is 5.75 Å². The van der Waals surface area contributed by atoms with E-state index in [4.69, 9.17) is 4.74 Å². The smallest absolute Gasteiger partial charge is 0.217 e. The Bertz CT molecular complexity index is 988. The molecule has 2 atom stereocenters. The van der Waals surface area contributed by atoms with E-state index in [9.17, 15) is 4.79 Å². The Morgan fingerprint density at radius 2 is 2.10 bits per heavy atom.